The molecule has 3 N–H and O–H groups in total. The molecule has 0 aliphatic carbocycles. The van der Waals surface area contributed by atoms with Crippen LogP contribution in [-0.4, -0.2) is 23.0 Å². The Labute approximate surface area is 132 Å². The number of carboxylic acid groups (broad SMARTS) is 1. The zero-order valence-electron chi connectivity index (χ0n) is 11.7. The van der Waals surface area contributed by atoms with Crippen LogP contribution >= 0.6 is 15.9 Å². The molecule has 4 nitrogen and oxygen atoms in total. The van der Waals surface area contributed by atoms with Gasteiger partial charge in [0.2, 0.25) is 0 Å². The Morgan fingerprint density at radius 3 is 2.52 bits per heavy atom. The summed E-state index contributed by atoms with van der Waals surface area (Å²) in [6.07, 6.45) is 0. The van der Waals surface area contributed by atoms with Crippen LogP contribution < -0.4 is 5.73 Å². The predicted molar refractivity (Wildman–Crippen MR) is 87.1 cm³/mol. The first-order chi connectivity index (χ1) is 9.97. The quantitative estimate of drug-likeness (QED) is 0.813. The first-order valence-electron chi connectivity index (χ1n) is 6.51. The number of hydrogen-bond acceptors (Lipinski definition) is 3. The molecule has 0 saturated heterocycles. The van der Waals surface area contributed by atoms with E-state index in [9.17, 15) is 4.79 Å². The zero-order valence-corrected chi connectivity index (χ0v) is 13.3. The van der Waals surface area contributed by atoms with Gasteiger partial charge in [0.1, 0.15) is 0 Å². The van der Waals surface area contributed by atoms with Crippen LogP contribution in [-0.2, 0) is 13.1 Å². The molecule has 0 fully saturated rings. The third kappa shape index (κ3) is 4.06. The zero-order chi connectivity index (χ0) is 15.4. The van der Waals surface area contributed by atoms with Crippen molar-refractivity contribution in [2.45, 2.75) is 13.1 Å². The lowest BCUT2D eigenvalue weighted by molar-refractivity contribution is 0.0696. The Kier molecular flexibility index (Phi) is 4.98. The van der Waals surface area contributed by atoms with Gasteiger partial charge in [-0.2, -0.15) is 0 Å². The summed E-state index contributed by atoms with van der Waals surface area (Å²) in [5.41, 5.74) is 8.85. The van der Waals surface area contributed by atoms with E-state index in [1.807, 2.05) is 25.2 Å². The highest BCUT2D eigenvalue weighted by Gasteiger charge is 2.12. The van der Waals surface area contributed by atoms with Crippen LogP contribution in [0.3, 0.4) is 0 Å². The number of rotatable bonds is 5. The van der Waals surface area contributed by atoms with E-state index in [1.54, 1.807) is 6.07 Å². The highest BCUT2D eigenvalue weighted by Crippen LogP contribution is 2.26. The maximum atomic E-state index is 11.1. The molecule has 0 radical (unpaired) electrons. The van der Waals surface area contributed by atoms with Gasteiger partial charge >= 0.3 is 5.97 Å². The first-order valence-corrected chi connectivity index (χ1v) is 7.30. The number of anilines is 1. The number of halogens is 1. The lowest BCUT2D eigenvalue weighted by atomic mass is 10.1. The minimum absolute atomic E-state index is 0.235. The summed E-state index contributed by atoms with van der Waals surface area (Å²) in [6, 6.07) is 13.3. The molecule has 0 atom stereocenters. The fourth-order valence-electron chi connectivity index (χ4n) is 2.17. The van der Waals surface area contributed by atoms with Crippen molar-refractivity contribution in [2.75, 3.05) is 12.8 Å². The van der Waals surface area contributed by atoms with Gasteiger partial charge in [0, 0.05) is 17.6 Å². The van der Waals surface area contributed by atoms with Crippen LogP contribution in [0.15, 0.2) is 46.9 Å². The number of nitrogen functional groups attached to an aromatic ring is 1. The maximum absolute atomic E-state index is 11.1. The van der Waals surface area contributed by atoms with Gasteiger partial charge in [0.25, 0.3) is 0 Å². The van der Waals surface area contributed by atoms with Gasteiger partial charge < -0.3 is 10.8 Å². The highest BCUT2D eigenvalue weighted by molar-refractivity contribution is 9.10. The van der Waals surface area contributed by atoms with E-state index in [0.29, 0.717) is 16.7 Å². The molecule has 0 heterocycles. The van der Waals surface area contributed by atoms with E-state index in [4.69, 9.17) is 10.8 Å². The standard InChI is InChI=1S/C16H17BrN2O2/c1-19(9-11-5-3-2-4-6-11)10-13-7-12(16(20)21)8-14(17)15(13)18/h2-8H,9-10,18H2,1H3,(H,20,21). The number of carbonyl (C=O) groups is 1. The Bertz CT molecular complexity index is 644. The van der Waals surface area contributed by atoms with E-state index in [-0.39, 0.29) is 5.56 Å². The Balaban J connectivity index is 2.17. The van der Waals surface area contributed by atoms with Crippen LogP contribution in [0, 0.1) is 0 Å². The van der Waals surface area contributed by atoms with Crippen molar-refractivity contribution < 1.29 is 9.90 Å². The first kappa shape index (κ1) is 15.5. The summed E-state index contributed by atoms with van der Waals surface area (Å²) in [7, 11) is 1.98. The predicted octanol–water partition coefficient (Wildman–Crippen LogP) is 3.36. The van der Waals surface area contributed by atoms with Crippen molar-refractivity contribution in [2.24, 2.45) is 0 Å². The van der Waals surface area contributed by atoms with Crippen molar-refractivity contribution in [3.8, 4) is 0 Å². The molecule has 0 aromatic heterocycles. The van der Waals surface area contributed by atoms with Gasteiger partial charge in [-0.25, -0.2) is 4.79 Å². The van der Waals surface area contributed by atoms with Crippen LogP contribution in [0.5, 0.6) is 0 Å². The molecular formula is C16H17BrN2O2. The second kappa shape index (κ2) is 6.74. The largest absolute Gasteiger partial charge is 0.478 e. The van der Waals surface area contributed by atoms with Crippen molar-refractivity contribution >= 4 is 27.6 Å². The molecule has 21 heavy (non-hydrogen) atoms. The lowest BCUT2D eigenvalue weighted by Gasteiger charge is -2.19. The summed E-state index contributed by atoms with van der Waals surface area (Å²) in [5, 5.41) is 9.12. The van der Waals surface area contributed by atoms with Gasteiger partial charge in [-0.3, -0.25) is 4.90 Å². The van der Waals surface area contributed by atoms with Crippen molar-refractivity contribution in [3.63, 3.8) is 0 Å². The maximum Gasteiger partial charge on any atom is 0.335 e. The topological polar surface area (TPSA) is 66.6 Å². The van der Waals surface area contributed by atoms with Gasteiger partial charge in [0.15, 0.2) is 0 Å². The molecule has 0 spiro atoms. The molecule has 0 bridgehead atoms. The average Bonchev–Trinajstić information content (AvgIpc) is 2.44. The number of carboxylic acids is 1. The molecule has 0 amide bonds. The molecule has 0 aliphatic rings. The van der Waals surface area contributed by atoms with Crippen molar-refractivity contribution in [1.82, 2.24) is 4.90 Å². The van der Waals surface area contributed by atoms with E-state index in [2.05, 4.69) is 33.0 Å². The Hall–Kier alpha value is -1.85. The summed E-state index contributed by atoms with van der Waals surface area (Å²) in [6.45, 7) is 1.36. The SMILES string of the molecule is CN(Cc1ccccc1)Cc1cc(C(=O)O)cc(Br)c1N. The van der Waals surface area contributed by atoms with Crippen LogP contribution in [0.2, 0.25) is 0 Å². The van der Waals surface area contributed by atoms with E-state index < -0.39 is 5.97 Å². The lowest BCUT2D eigenvalue weighted by Crippen LogP contribution is -2.18. The number of nitrogens with two attached hydrogens (primary N) is 1. The fraction of sp³-hybridized carbons (Fsp3) is 0.188. The number of hydrogen-bond donors (Lipinski definition) is 2. The molecule has 2 aromatic carbocycles. The summed E-state index contributed by atoms with van der Waals surface area (Å²) < 4.78 is 0.616. The summed E-state index contributed by atoms with van der Waals surface area (Å²) >= 11 is 3.32. The summed E-state index contributed by atoms with van der Waals surface area (Å²) in [5.74, 6) is -0.956. The number of nitrogens with zero attached hydrogens (tertiary/aromatic N) is 1. The smallest absolute Gasteiger partial charge is 0.335 e. The van der Waals surface area contributed by atoms with E-state index >= 15 is 0 Å². The van der Waals surface area contributed by atoms with Gasteiger partial charge in [-0.1, -0.05) is 30.3 Å². The molecule has 0 saturated carbocycles. The number of benzene rings is 2. The molecular weight excluding hydrogens is 332 g/mol. The Morgan fingerprint density at radius 2 is 1.90 bits per heavy atom. The highest BCUT2D eigenvalue weighted by atomic mass is 79.9. The van der Waals surface area contributed by atoms with Crippen LogP contribution in [0.25, 0.3) is 0 Å². The molecule has 0 unspecified atom stereocenters. The van der Waals surface area contributed by atoms with Crippen molar-refractivity contribution in [1.29, 1.82) is 0 Å². The van der Waals surface area contributed by atoms with Crippen molar-refractivity contribution in [3.05, 3.63) is 63.6 Å². The van der Waals surface area contributed by atoms with E-state index in [0.717, 1.165) is 12.1 Å². The second-order valence-corrected chi connectivity index (χ2v) is 5.85. The second-order valence-electron chi connectivity index (χ2n) is 4.99. The minimum Gasteiger partial charge on any atom is -0.478 e. The third-order valence-corrected chi connectivity index (χ3v) is 3.85. The minimum atomic E-state index is -0.956. The molecule has 5 heteroatoms. The van der Waals surface area contributed by atoms with Gasteiger partial charge in [-0.15, -0.1) is 0 Å². The average molecular weight is 349 g/mol. The van der Waals surface area contributed by atoms with Crippen LogP contribution in [0.1, 0.15) is 21.5 Å². The monoisotopic (exact) mass is 348 g/mol. The van der Waals surface area contributed by atoms with Gasteiger partial charge in [0.05, 0.1) is 11.3 Å². The van der Waals surface area contributed by atoms with Crippen LogP contribution in [0.4, 0.5) is 5.69 Å². The molecule has 2 rings (SSSR count). The summed E-state index contributed by atoms with van der Waals surface area (Å²) in [4.78, 5) is 13.2. The third-order valence-electron chi connectivity index (χ3n) is 3.20. The van der Waals surface area contributed by atoms with Gasteiger partial charge in [-0.05, 0) is 46.2 Å². The van der Waals surface area contributed by atoms with E-state index in [1.165, 1.54) is 11.6 Å². The molecule has 0 aliphatic heterocycles. The molecule has 110 valence electrons. The fourth-order valence-corrected chi connectivity index (χ4v) is 2.67. The normalized spacial score (nSPS) is 10.8. The Morgan fingerprint density at radius 1 is 1.24 bits per heavy atom. The number of aromatic carboxylic acids is 1. The molecule has 2 aromatic rings.